The SMILES string of the molecule is CCc1noc(-c2ccc(CCNC(=O)CC3CCNCC3)cc2)n1.Cl. The minimum absolute atomic E-state index is 0. The molecule has 1 aromatic heterocycles. The molecule has 1 saturated heterocycles. The molecule has 0 saturated carbocycles. The first-order valence-electron chi connectivity index (χ1n) is 9.14. The number of benzene rings is 1. The van der Waals surface area contributed by atoms with Crippen molar-refractivity contribution in [3.8, 4) is 11.5 Å². The van der Waals surface area contributed by atoms with Crippen LogP contribution in [0.5, 0.6) is 0 Å². The summed E-state index contributed by atoms with van der Waals surface area (Å²) in [7, 11) is 0. The van der Waals surface area contributed by atoms with Crippen LogP contribution >= 0.6 is 12.4 Å². The van der Waals surface area contributed by atoms with Crippen LogP contribution in [0.15, 0.2) is 28.8 Å². The summed E-state index contributed by atoms with van der Waals surface area (Å²) in [6.07, 6.45) is 4.44. The number of aryl methyl sites for hydroxylation is 1. The van der Waals surface area contributed by atoms with Gasteiger partial charge in [-0.1, -0.05) is 24.2 Å². The Bertz CT molecular complexity index is 681. The second-order valence-electron chi connectivity index (χ2n) is 6.56. The van der Waals surface area contributed by atoms with Gasteiger partial charge in [0.1, 0.15) is 0 Å². The summed E-state index contributed by atoms with van der Waals surface area (Å²) in [6.45, 7) is 4.73. The Balaban J connectivity index is 0.00000243. The lowest BCUT2D eigenvalue weighted by atomic mass is 9.94. The van der Waals surface area contributed by atoms with E-state index in [2.05, 4.69) is 20.8 Å². The Hall–Kier alpha value is -1.92. The molecule has 2 aromatic rings. The highest BCUT2D eigenvalue weighted by atomic mass is 35.5. The molecular weight excluding hydrogens is 352 g/mol. The van der Waals surface area contributed by atoms with Crippen molar-refractivity contribution >= 4 is 18.3 Å². The van der Waals surface area contributed by atoms with Crippen LogP contribution in [-0.2, 0) is 17.6 Å². The number of carbonyl (C=O) groups is 1. The third-order valence-electron chi connectivity index (χ3n) is 4.65. The predicted molar refractivity (Wildman–Crippen MR) is 103 cm³/mol. The Morgan fingerprint density at radius 1 is 1.27 bits per heavy atom. The summed E-state index contributed by atoms with van der Waals surface area (Å²) in [5.41, 5.74) is 2.10. The fourth-order valence-corrected chi connectivity index (χ4v) is 3.10. The van der Waals surface area contributed by atoms with E-state index in [1.165, 1.54) is 5.56 Å². The molecule has 142 valence electrons. The summed E-state index contributed by atoms with van der Waals surface area (Å²) in [6, 6.07) is 8.06. The lowest BCUT2D eigenvalue weighted by Crippen LogP contribution is -2.33. The predicted octanol–water partition coefficient (Wildman–Crippen LogP) is 2.77. The Labute approximate surface area is 160 Å². The average Bonchev–Trinajstić information content (AvgIpc) is 3.12. The number of amides is 1. The Morgan fingerprint density at radius 3 is 2.65 bits per heavy atom. The van der Waals surface area contributed by atoms with Crippen molar-refractivity contribution in [2.24, 2.45) is 5.92 Å². The van der Waals surface area contributed by atoms with Crippen molar-refractivity contribution in [1.29, 1.82) is 0 Å². The summed E-state index contributed by atoms with van der Waals surface area (Å²) < 4.78 is 5.24. The van der Waals surface area contributed by atoms with Gasteiger partial charge in [0.25, 0.3) is 5.89 Å². The Kier molecular flexibility index (Phi) is 8.06. The third-order valence-corrected chi connectivity index (χ3v) is 4.65. The lowest BCUT2D eigenvalue weighted by Gasteiger charge is -2.21. The van der Waals surface area contributed by atoms with Crippen molar-refractivity contribution < 1.29 is 9.32 Å². The molecule has 0 bridgehead atoms. The van der Waals surface area contributed by atoms with E-state index in [1.54, 1.807) is 0 Å². The largest absolute Gasteiger partial charge is 0.356 e. The molecule has 26 heavy (non-hydrogen) atoms. The van der Waals surface area contributed by atoms with Crippen LogP contribution in [0.25, 0.3) is 11.5 Å². The van der Waals surface area contributed by atoms with Gasteiger partial charge in [-0.05, 0) is 56.0 Å². The van der Waals surface area contributed by atoms with Crippen molar-refractivity contribution in [2.45, 2.75) is 39.0 Å². The number of hydrogen-bond donors (Lipinski definition) is 2. The smallest absolute Gasteiger partial charge is 0.257 e. The quantitative estimate of drug-likeness (QED) is 0.774. The molecule has 0 unspecified atom stereocenters. The number of halogens is 1. The molecule has 2 heterocycles. The number of nitrogens with zero attached hydrogens (tertiary/aromatic N) is 2. The second kappa shape index (κ2) is 10.3. The molecule has 6 nitrogen and oxygen atoms in total. The number of rotatable bonds is 7. The first kappa shape index (κ1) is 20.4. The van der Waals surface area contributed by atoms with Crippen LogP contribution in [0.4, 0.5) is 0 Å². The molecule has 1 aliphatic heterocycles. The first-order chi connectivity index (χ1) is 12.2. The van der Waals surface area contributed by atoms with Crippen LogP contribution in [0.3, 0.4) is 0 Å². The van der Waals surface area contributed by atoms with Crippen LogP contribution in [-0.4, -0.2) is 35.7 Å². The molecule has 1 aliphatic rings. The lowest BCUT2D eigenvalue weighted by molar-refractivity contribution is -0.122. The van der Waals surface area contributed by atoms with Gasteiger partial charge in [-0.3, -0.25) is 4.79 Å². The number of aromatic nitrogens is 2. The zero-order valence-corrected chi connectivity index (χ0v) is 16.0. The van der Waals surface area contributed by atoms with Crippen molar-refractivity contribution in [1.82, 2.24) is 20.8 Å². The molecule has 0 aliphatic carbocycles. The minimum Gasteiger partial charge on any atom is -0.356 e. The number of hydrogen-bond acceptors (Lipinski definition) is 5. The summed E-state index contributed by atoms with van der Waals surface area (Å²) in [5, 5.41) is 10.3. The van der Waals surface area contributed by atoms with E-state index in [0.29, 0.717) is 24.8 Å². The highest BCUT2D eigenvalue weighted by Gasteiger charge is 2.16. The third kappa shape index (κ3) is 5.81. The van der Waals surface area contributed by atoms with Crippen LogP contribution in [0.1, 0.15) is 37.6 Å². The molecule has 1 aromatic carbocycles. The van der Waals surface area contributed by atoms with E-state index < -0.39 is 0 Å². The maximum atomic E-state index is 12.0. The number of carbonyl (C=O) groups excluding carboxylic acids is 1. The molecule has 0 radical (unpaired) electrons. The minimum atomic E-state index is 0. The molecule has 2 N–H and O–H groups in total. The van der Waals surface area contributed by atoms with Gasteiger partial charge in [0.05, 0.1) is 0 Å². The highest BCUT2D eigenvalue weighted by molar-refractivity contribution is 5.85. The summed E-state index contributed by atoms with van der Waals surface area (Å²) in [5.74, 6) is 1.97. The highest BCUT2D eigenvalue weighted by Crippen LogP contribution is 2.18. The molecule has 7 heteroatoms. The Morgan fingerprint density at radius 2 is 2.00 bits per heavy atom. The first-order valence-corrected chi connectivity index (χ1v) is 9.14. The van der Waals surface area contributed by atoms with E-state index in [9.17, 15) is 4.79 Å². The van der Waals surface area contributed by atoms with Crippen molar-refractivity contribution in [2.75, 3.05) is 19.6 Å². The van der Waals surface area contributed by atoms with E-state index >= 15 is 0 Å². The second-order valence-corrected chi connectivity index (χ2v) is 6.56. The van der Waals surface area contributed by atoms with E-state index in [1.807, 2.05) is 31.2 Å². The van der Waals surface area contributed by atoms with Crippen LogP contribution < -0.4 is 10.6 Å². The van der Waals surface area contributed by atoms with Gasteiger partial charge < -0.3 is 15.2 Å². The normalized spacial score (nSPS) is 14.7. The van der Waals surface area contributed by atoms with Gasteiger partial charge in [-0.15, -0.1) is 12.4 Å². The fraction of sp³-hybridized carbons (Fsp3) is 0.526. The monoisotopic (exact) mass is 378 g/mol. The van der Waals surface area contributed by atoms with Gasteiger partial charge in [0.2, 0.25) is 5.91 Å². The molecule has 0 spiro atoms. The summed E-state index contributed by atoms with van der Waals surface area (Å²) >= 11 is 0. The molecular formula is C19H27ClN4O2. The maximum absolute atomic E-state index is 12.0. The van der Waals surface area contributed by atoms with Gasteiger partial charge in [0, 0.05) is 24.9 Å². The van der Waals surface area contributed by atoms with Crippen molar-refractivity contribution in [3.05, 3.63) is 35.7 Å². The zero-order valence-electron chi connectivity index (χ0n) is 15.2. The van der Waals surface area contributed by atoms with E-state index in [0.717, 1.165) is 50.2 Å². The van der Waals surface area contributed by atoms with Gasteiger partial charge in [-0.25, -0.2) is 0 Å². The zero-order chi connectivity index (χ0) is 17.5. The summed E-state index contributed by atoms with van der Waals surface area (Å²) in [4.78, 5) is 16.3. The van der Waals surface area contributed by atoms with Gasteiger partial charge >= 0.3 is 0 Å². The molecule has 1 fully saturated rings. The topological polar surface area (TPSA) is 80.0 Å². The average molecular weight is 379 g/mol. The van der Waals surface area contributed by atoms with E-state index in [4.69, 9.17) is 4.52 Å². The molecule has 0 atom stereocenters. The molecule has 1 amide bonds. The number of nitrogens with one attached hydrogen (secondary N) is 2. The number of piperidine rings is 1. The van der Waals surface area contributed by atoms with Crippen LogP contribution in [0, 0.1) is 5.92 Å². The van der Waals surface area contributed by atoms with E-state index in [-0.39, 0.29) is 18.3 Å². The van der Waals surface area contributed by atoms with Crippen molar-refractivity contribution in [3.63, 3.8) is 0 Å². The standard InChI is InChI=1S/C19H26N4O2.ClH/c1-2-17-22-19(25-23-17)16-5-3-14(4-6-16)9-12-21-18(24)13-15-7-10-20-11-8-15;/h3-6,15,20H,2,7-13H2,1H3,(H,21,24);1H. The fourth-order valence-electron chi connectivity index (χ4n) is 3.10. The molecule has 3 rings (SSSR count). The van der Waals surface area contributed by atoms with Crippen LogP contribution in [0.2, 0.25) is 0 Å². The maximum Gasteiger partial charge on any atom is 0.257 e. The van der Waals surface area contributed by atoms with Gasteiger partial charge in [-0.2, -0.15) is 4.98 Å². The van der Waals surface area contributed by atoms with Gasteiger partial charge in [0.15, 0.2) is 5.82 Å².